The zero-order valence-corrected chi connectivity index (χ0v) is 9.66. The van der Waals surface area contributed by atoms with Crippen LogP contribution in [-0.2, 0) is 11.2 Å². The topological polar surface area (TPSA) is 43.1 Å². The van der Waals surface area contributed by atoms with E-state index in [1.807, 2.05) is 51.1 Å². The molecule has 2 N–H and O–H groups in total. The molecule has 0 heterocycles. The number of rotatable bonds is 3. The van der Waals surface area contributed by atoms with E-state index in [0.717, 1.165) is 5.56 Å². The summed E-state index contributed by atoms with van der Waals surface area (Å²) < 4.78 is 0. The molecule has 82 valence electrons. The predicted molar refractivity (Wildman–Crippen MR) is 62.6 cm³/mol. The summed E-state index contributed by atoms with van der Waals surface area (Å²) in [5, 5.41) is 0. The number of hydrogen-bond donors (Lipinski definition) is 1. The summed E-state index contributed by atoms with van der Waals surface area (Å²) in [5.74, 6) is 0.117. The molecule has 0 aliphatic carbocycles. The van der Waals surface area contributed by atoms with Gasteiger partial charge >= 0.3 is 0 Å². The minimum absolute atomic E-state index is 0.117. The number of carbonyl (C=O) groups is 1. The Kier molecular flexibility index (Phi) is 3.64. The minimum atomic E-state index is -0.396. The van der Waals surface area contributed by atoms with Crippen LogP contribution in [0.15, 0.2) is 30.3 Å². The third-order valence-corrected chi connectivity index (χ3v) is 2.37. The van der Waals surface area contributed by atoms with E-state index in [4.69, 9.17) is 5.73 Å². The Morgan fingerprint density at radius 1 is 1.27 bits per heavy atom. The molecule has 0 fully saturated rings. The third-order valence-electron chi connectivity index (χ3n) is 2.37. The normalized spacial score (nSPS) is 13.6. The number of carbonyl (C=O) groups excluding carboxylic acids is 1. The smallest absolute Gasteiger partial charge is 0.155 e. The molecule has 0 saturated heterocycles. The summed E-state index contributed by atoms with van der Waals surface area (Å²) in [6.07, 6.45) is 0.622. The first-order valence-electron chi connectivity index (χ1n) is 5.25. The SMILES string of the molecule is CC(C)(C)C(=O)[C@@H](N)Cc1ccccc1. The lowest BCUT2D eigenvalue weighted by atomic mass is 9.85. The fourth-order valence-corrected chi connectivity index (χ4v) is 1.52. The van der Waals surface area contributed by atoms with Gasteiger partial charge in [0.2, 0.25) is 0 Å². The molecule has 0 spiro atoms. The summed E-state index contributed by atoms with van der Waals surface area (Å²) in [6.45, 7) is 5.71. The van der Waals surface area contributed by atoms with Crippen molar-refractivity contribution in [1.82, 2.24) is 0 Å². The first kappa shape index (κ1) is 11.9. The van der Waals surface area contributed by atoms with Crippen LogP contribution in [0.1, 0.15) is 26.3 Å². The van der Waals surface area contributed by atoms with Gasteiger partial charge in [0.1, 0.15) is 0 Å². The lowest BCUT2D eigenvalue weighted by Gasteiger charge is -2.21. The molecule has 0 aliphatic rings. The number of ketones is 1. The average molecular weight is 205 g/mol. The van der Waals surface area contributed by atoms with Gasteiger partial charge in [0.25, 0.3) is 0 Å². The fraction of sp³-hybridized carbons (Fsp3) is 0.462. The third kappa shape index (κ3) is 3.48. The molecular weight excluding hydrogens is 186 g/mol. The molecule has 0 bridgehead atoms. The summed E-state index contributed by atoms with van der Waals surface area (Å²) >= 11 is 0. The highest BCUT2D eigenvalue weighted by Crippen LogP contribution is 2.17. The quantitative estimate of drug-likeness (QED) is 0.821. The van der Waals surface area contributed by atoms with Crippen molar-refractivity contribution >= 4 is 5.78 Å². The van der Waals surface area contributed by atoms with E-state index in [0.29, 0.717) is 6.42 Å². The summed E-state index contributed by atoms with van der Waals surface area (Å²) in [5.41, 5.74) is 6.65. The fourth-order valence-electron chi connectivity index (χ4n) is 1.52. The molecule has 1 atom stereocenters. The molecule has 15 heavy (non-hydrogen) atoms. The highest BCUT2D eigenvalue weighted by atomic mass is 16.1. The maximum absolute atomic E-state index is 11.8. The Morgan fingerprint density at radius 3 is 2.27 bits per heavy atom. The molecule has 1 aromatic rings. The van der Waals surface area contributed by atoms with Crippen LogP contribution in [0.5, 0.6) is 0 Å². The zero-order chi connectivity index (χ0) is 11.5. The Bertz CT molecular complexity index is 324. The second-order valence-electron chi connectivity index (χ2n) is 4.91. The van der Waals surface area contributed by atoms with Crippen molar-refractivity contribution in [3.05, 3.63) is 35.9 Å². The predicted octanol–water partition coefficient (Wildman–Crippen LogP) is 2.17. The lowest BCUT2D eigenvalue weighted by Crippen LogP contribution is -2.40. The Labute approximate surface area is 91.5 Å². The Balaban J connectivity index is 2.65. The zero-order valence-electron chi connectivity index (χ0n) is 9.66. The number of hydrogen-bond acceptors (Lipinski definition) is 2. The van der Waals surface area contributed by atoms with Gasteiger partial charge in [-0.1, -0.05) is 51.1 Å². The number of Topliss-reactive ketones (excluding diaryl/α,β-unsaturated/α-hetero) is 1. The van der Waals surface area contributed by atoms with Gasteiger partial charge in [-0.25, -0.2) is 0 Å². The van der Waals surface area contributed by atoms with Gasteiger partial charge in [0.15, 0.2) is 5.78 Å². The molecule has 2 nitrogen and oxygen atoms in total. The first-order chi connectivity index (χ1) is 6.91. The van der Waals surface area contributed by atoms with Gasteiger partial charge in [0, 0.05) is 5.41 Å². The Hall–Kier alpha value is -1.15. The van der Waals surface area contributed by atoms with Crippen molar-refractivity contribution in [3.63, 3.8) is 0 Å². The van der Waals surface area contributed by atoms with Crippen LogP contribution in [0.2, 0.25) is 0 Å². The summed E-state index contributed by atoms with van der Waals surface area (Å²) in [7, 11) is 0. The van der Waals surface area contributed by atoms with E-state index in [-0.39, 0.29) is 11.2 Å². The van der Waals surface area contributed by atoms with Crippen LogP contribution >= 0.6 is 0 Å². The monoisotopic (exact) mass is 205 g/mol. The van der Waals surface area contributed by atoms with Gasteiger partial charge in [0.05, 0.1) is 6.04 Å². The summed E-state index contributed by atoms with van der Waals surface area (Å²) in [6, 6.07) is 9.48. The van der Waals surface area contributed by atoms with Crippen molar-refractivity contribution in [3.8, 4) is 0 Å². The minimum Gasteiger partial charge on any atom is -0.321 e. The molecule has 2 heteroatoms. The average Bonchev–Trinajstić information content (AvgIpc) is 2.16. The van der Waals surface area contributed by atoms with E-state index < -0.39 is 6.04 Å². The molecule has 0 unspecified atom stereocenters. The second-order valence-corrected chi connectivity index (χ2v) is 4.91. The van der Waals surface area contributed by atoms with Crippen molar-refractivity contribution in [2.45, 2.75) is 33.2 Å². The van der Waals surface area contributed by atoms with Crippen molar-refractivity contribution in [2.24, 2.45) is 11.1 Å². The molecule has 1 rings (SSSR count). The van der Waals surface area contributed by atoms with E-state index in [9.17, 15) is 4.79 Å². The second kappa shape index (κ2) is 4.58. The van der Waals surface area contributed by atoms with Crippen LogP contribution < -0.4 is 5.73 Å². The molecule has 0 radical (unpaired) electrons. The van der Waals surface area contributed by atoms with Crippen LogP contribution in [0.25, 0.3) is 0 Å². The van der Waals surface area contributed by atoms with Gasteiger partial charge in [-0.3, -0.25) is 4.79 Å². The number of benzene rings is 1. The standard InChI is InChI=1S/C13H19NO/c1-13(2,3)12(15)11(14)9-10-7-5-4-6-8-10/h4-8,11H,9,14H2,1-3H3/t11-/m0/s1. The van der Waals surface area contributed by atoms with Crippen LogP contribution in [0.4, 0.5) is 0 Å². The van der Waals surface area contributed by atoms with E-state index in [2.05, 4.69) is 0 Å². The lowest BCUT2D eigenvalue weighted by molar-refractivity contribution is -0.127. The van der Waals surface area contributed by atoms with Gasteiger partial charge in [-0.15, -0.1) is 0 Å². The van der Waals surface area contributed by atoms with Crippen molar-refractivity contribution in [1.29, 1.82) is 0 Å². The van der Waals surface area contributed by atoms with Crippen molar-refractivity contribution < 1.29 is 4.79 Å². The van der Waals surface area contributed by atoms with Crippen LogP contribution in [-0.4, -0.2) is 11.8 Å². The van der Waals surface area contributed by atoms with Gasteiger partial charge < -0.3 is 5.73 Å². The van der Waals surface area contributed by atoms with Crippen molar-refractivity contribution in [2.75, 3.05) is 0 Å². The molecular formula is C13H19NO. The molecule has 1 aromatic carbocycles. The first-order valence-corrected chi connectivity index (χ1v) is 5.25. The van der Waals surface area contributed by atoms with E-state index in [1.54, 1.807) is 0 Å². The molecule has 0 saturated carbocycles. The maximum Gasteiger partial charge on any atom is 0.155 e. The summed E-state index contributed by atoms with van der Waals surface area (Å²) in [4.78, 5) is 11.8. The van der Waals surface area contributed by atoms with Crippen LogP contribution in [0.3, 0.4) is 0 Å². The molecule has 0 amide bonds. The Morgan fingerprint density at radius 2 is 1.80 bits per heavy atom. The highest BCUT2D eigenvalue weighted by molar-refractivity contribution is 5.88. The highest BCUT2D eigenvalue weighted by Gasteiger charge is 2.26. The molecule has 0 aliphatic heterocycles. The van der Waals surface area contributed by atoms with Gasteiger partial charge in [-0.2, -0.15) is 0 Å². The molecule has 0 aromatic heterocycles. The van der Waals surface area contributed by atoms with E-state index >= 15 is 0 Å². The van der Waals surface area contributed by atoms with Gasteiger partial charge in [-0.05, 0) is 12.0 Å². The number of nitrogens with two attached hydrogens (primary N) is 1. The van der Waals surface area contributed by atoms with E-state index in [1.165, 1.54) is 0 Å². The maximum atomic E-state index is 11.8. The van der Waals surface area contributed by atoms with Crippen LogP contribution in [0, 0.1) is 5.41 Å². The largest absolute Gasteiger partial charge is 0.321 e.